The molecule has 6 aliphatic carbocycles. The second-order valence-electron chi connectivity index (χ2n) is 11.1. The molecule has 0 spiro atoms. The van der Waals surface area contributed by atoms with E-state index >= 15 is 0 Å². The lowest BCUT2D eigenvalue weighted by Crippen LogP contribution is -2.61. The predicted octanol–water partition coefficient (Wildman–Crippen LogP) is 5.29. The van der Waals surface area contributed by atoms with Crippen LogP contribution in [0.4, 0.5) is 0 Å². The standard InChI is InChI=1S/C30H32O6/c1-3-5-15-33-17-7-11-19(12-8-17)35-27(31)29-21-23(29)24-22-25(29)26(21)30(22,24)28(32)36-20-13-9-18(10-14-20)34-16-6-4-2/h7-14,21-26H,3-6,15-16H2,1-2H3. The van der Waals surface area contributed by atoms with E-state index in [4.69, 9.17) is 18.9 Å². The van der Waals surface area contributed by atoms with Crippen LogP contribution in [0.25, 0.3) is 0 Å². The molecular weight excluding hydrogens is 456 g/mol. The van der Waals surface area contributed by atoms with Crippen molar-refractivity contribution >= 4 is 11.9 Å². The third-order valence-corrected chi connectivity index (χ3v) is 9.72. The summed E-state index contributed by atoms with van der Waals surface area (Å²) >= 11 is 0. The van der Waals surface area contributed by atoms with E-state index in [0.29, 0.717) is 60.2 Å². The molecule has 0 unspecified atom stereocenters. The highest BCUT2D eigenvalue weighted by Crippen LogP contribution is 3.10. The first kappa shape index (κ1) is 22.2. The van der Waals surface area contributed by atoms with Gasteiger partial charge in [0.25, 0.3) is 0 Å². The van der Waals surface area contributed by atoms with Crippen molar-refractivity contribution in [1.29, 1.82) is 0 Å². The number of unbranched alkanes of at least 4 members (excludes halogenated alkanes) is 2. The number of benzene rings is 2. The molecule has 6 fully saturated rings. The van der Waals surface area contributed by atoms with E-state index in [-0.39, 0.29) is 22.8 Å². The van der Waals surface area contributed by atoms with Crippen LogP contribution in [-0.2, 0) is 9.59 Å². The van der Waals surface area contributed by atoms with Gasteiger partial charge in [-0.05, 0) is 96.9 Å². The minimum atomic E-state index is -0.337. The fourth-order valence-electron chi connectivity index (χ4n) is 8.38. The van der Waals surface area contributed by atoms with Gasteiger partial charge in [0, 0.05) is 0 Å². The lowest BCUT2D eigenvalue weighted by molar-refractivity contribution is -0.182. The molecule has 0 aromatic heterocycles. The van der Waals surface area contributed by atoms with Crippen LogP contribution >= 0.6 is 0 Å². The molecule has 188 valence electrons. The summed E-state index contributed by atoms with van der Waals surface area (Å²) in [7, 11) is 0. The molecule has 6 nitrogen and oxygen atoms in total. The third-order valence-electron chi connectivity index (χ3n) is 9.72. The van der Waals surface area contributed by atoms with Gasteiger partial charge in [-0.1, -0.05) is 26.7 Å². The van der Waals surface area contributed by atoms with E-state index in [1.165, 1.54) is 0 Å². The summed E-state index contributed by atoms with van der Waals surface area (Å²) in [5.41, 5.74) is -0.675. The molecule has 0 aliphatic heterocycles. The topological polar surface area (TPSA) is 71.1 Å². The molecule has 0 radical (unpaired) electrons. The molecule has 8 rings (SSSR count). The van der Waals surface area contributed by atoms with Gasteiger partial charge in [0.05, 0.1) is 24.0 Å². The summed E-state index contributed by atoms with van der Waals surface area (Å²) in [6.07, 6.45) is 4.21. The number of rotatable bonds is 12. The highest BCUT2D eigenvalue weighted by molar-refractivity contribution is 5.98. The smallest absolute Gasteiger partial charge is 0.318 e. The summed E-state index contributed by atoms with van der Waals surface area (Å²) in [6.45, 7) is 5.64. The molecule has 6 saturated carbocycles. The van der Waals surface area contributed by atoms with E-state index in [1.807, 2.05) is 24.3 Å². The summed E-state index contributed by atoms with van der Waals surface area (Å²) in [5, 5.41) is 0. The number of carbonyl (C=O) groups is 2. The van der Waals surface area contributed by atoms with Crippen LogP contribution in [0, 0.1) is 46.3 Å². The first-order valence-electron chi connectivity index (χ1n) is 13.5. The Morgan fingerprint density at radius 1 is 0.583 bits per heavy atom. The van der Waals surface area contributed by atoms with Crippen LogP contribution in [0.2, 0.25) is 0 Å². The minimum absolute atomic E-state index is 0.105. The van der Waals surface area contributed by atoms with Gasteiger partial charge in [0.2, 0.25) is 0 Å². The Morgan fingerprint density at radius 2 is 0.889 bits per heavy atom. The van der Waals surface area contributed by atoms with Crippen molar-refractivity contribution in [3.8, 4) is 23.0 Å². The minimum Gasteiger partial charge on any atom is -0.494 e. The van der Waals surface area contributed by atoms with E-state index in [1.54, 1.807) is 24.3 Å². The Bertz CT molecular complexity index is 1090. The molecule has 0 amide bonds. The molecular formula is C30H32O6. The maximum Gasteiger partial charge on any atom is 0.318 e. The zero-order chi connectivity index (χ0) is 24.7. The highest BCUT2D eigenvalue weighted by atomic mass is 16.5. The van der Waals surface area contributed by atoms with Crippen LogP contribution in [0.1, 0.15) is 39.5 Å². The van der Waals surface area contributed by atoms with E-state index in [0.717, 1.165) is 37.2 Å². The number of esters is 2. The Kier molecular flexibility index (Phi) is 4.77. The van der Waals surface area contributed by atoms with E-state index in [9.17, 15) is 9.59 Å². The Morgan fingerprint density at radius 3 is 1.19 bits per heavy atom. The van der Waals surface area contributed by atoms with Crippen LogP contribution in [0.3, 0.4) is 0 Å². The molecule has 36 heavy (non-hydrogen) atoms. The number of hydrogen-bond acceptors (Lipinski definition) is 6. The molecule has 0 bridgehead atoms. The largest absolute Gasteiger partial charge is 0.494 e. The fraction of sp³-hybridized carbons (Fsp3) is 0.533. The van der Waals surface area contributed by atoms with Gasteiger partial charge in [0.1, 0.15) is 23.0 Å². The lowest BCUT2D eigenvalue weighted by Gasteiger charge is -2.54. The molecule has 2 aromatic rings. The third kappa shape index (κ3) is 2.63. The second-order valence-corrected chi connectivity index (χ2v) is 11.1. The lowest BCUT2D eigenvalue weighted by atomic mass is 9.47. The first-order valence-corrected chi connectivity index (χ1v) is 13.5. The average Bonchev–Trinajstić information content (AvgIpc) is 3.62. The average molecular weight is 489 g/mol. The van der Waals surface area contributed by atoms with E-state index in [2.05, 4.69) is 13.8 Å². The fourth-order valence-corrected chi connectivity index (χ4v) is 8.38. The van der Waals surface area contributed by atoms with Crippen LogP contribution in [0.5, 0.6) is 23.0 Å². The maximum absolute atomic E-state index is 13.2. The summed E-state index contributed by atoms with van der Waals surface area (Å²) < 4.78 is 23.0. The normalized spacial score (nSPS) is 36.6. The number of ether oxygens (including phenoxy) is 4. The first-order chi connectivity index (χ1) is 17.6. The molecule has 2 aromatic carbocycles. The summed E-state index contributed by atoms with van der Waals surface area (Å²) in [6, 6.07) is 14.6. The van der Waals surface area contributed by atoms with Gasteiger partial charge in [0.15, 0.2) is 0 Å². The molecule has 0 N–H and O–H groups in total. The van der Waals surface area contributed by atoms with Gasteiger partial charge in [-0.15, -0.1) is 0 Å². The molecule has 0 saturated heterocycles. The second kappa shape index (κ2) is 7.74. The van der Waals surface area contributed by atoms with Crippen molar-refractivity contribution in [3.63, 3.8) is 0 Å². The summed E-state index contributed by atoms with van der Waals surface area (Å²) in [5.74, 6) is 4.27. The SMILES string of the molecule is CCCCOc1ccc(OC(=O)C23C4C2C2C5C3C4C52C(=O)Oc2ccc(OCCCC)cc2)cc1. The van der Waals surface area contributed by atoms with Gasteiger partial charge in [-0.2, -0.15) is 0 Å². The van der Waals surface area contributed by atoms with Crippen molar-refractivity contribution in [3.05, 3.63) is 48.5 Å². The van der Waals surface area contributed by atoms with Crippen LogP contribution in [0.15, 0.2) is 48.5 Å². The van der Waals surface area contributed by atoms with Crippen molar-refractivity contribution in [2.24, 2.45) is 46.3 Å². The van der Waals surface area contributed by atoms with Gasteiger partial charge >= 0.3 is 11.9 Å². The maximum atomic E-state index is 13.2. The Hall–Kier alpha value is -3.02. The quantitative estimate of drug-likeness (QED) is 0.230. The predicted molar refractivity (Wildman–Crippen MR) is 131 cm³/mol. The summed E-state index contributed by atoms with van der Waals surface area (Å²) in [4.78, 5) is 26.4. The van der Waals surface area contributed by atoms with Crippen LogP contribution < -0.4 is 18.9 Å². The van der Waals surface area contributed by atoms with Gasteiger partial charge in [-0.25, -0.2) is 0 Å². The zero-order valence-corrected chi connectivity index (χ0v) is 20.8. The Labute approximate surface area is 211 Å². The van der Waals surface area contributed by atoms with Crippen molar-refractivity contribution < 1.29 is 28.5 Å². The van der Waals surface area contributed by atoms with E-state index < -0.39 is 0 Å². The van der Waals surface area contributed by atoms with Gasteiger partial charge in [-0.3, -0.25) is 9.59 Å². The highest BCUT2D eigenvalue weighted by Gasteiger charge is 3.13. The molecule has 6 aliphatic rings. The van der Waals surface area contributed by atoms with Crippen molar-refractivity contribution in [2.75, 3.05) is 13.2 Å². The molecule has 6 heteroatoms. The van der Waals surface area contributed by atoms with Crippen LogP contribution in [-0.4, -0.2) is 25.2 Å². The van der Waals surface area contributed by atoms with Crippen molar-refractivity contribution in [2.45, 2.75) is 39.5 Å². The molecule has 0 heterocycles. The number of carbonyl (C=O) groups excluding carboxylic acids is 2. The number of hydrogen-bond donors (Lipinski definition) is 0. The zero-order valence-electron chi connectivity index (χ0n) is 20.8. The van der Waals surface area contributed by atoms with Crippen molar-refractivity contribution in [1.82, 2.24) is 0 Å². The van der Waals surface area contributed by atoms with Gasteiger partial charge < -0.3 is 18.9 Å². The Balaban J connectivity index is 0.951. The molecule has 0 atom stereocenters. The monoisotopic (exact) mass is 488 g/mol.